The molecule has 0 radical (unpaired) electrons. The van der Waals surface area contributed by atoms with Crippen LogP contribution in [0.3, 0.4) is 0 Å². The zero-order valence-electron chi connectivity index (χ0n) is 12.9. The first-order chi connectivity index (χ1) is 8.76. The van der Waals surface area contributed by atoms with Gasteiger partial charge < -0.3 is 26.0 Å². The van der Waals surface area contributed by atoms with Crippen LogP contribution in [0.25, 0.3) is 0 Å². The number of aliphatic hydroxyl groups excluding tert-OH is 1. The summed E-state index contributed by atoms with van der Waals surface area (Å²) in [5.74, 6) is 0. The number of nitrogens with one attached hydrogen (secondary N) is 2. The van der Waals surface area contributed by atoms with Gasteiger partial charge in [-0.2, -0.15) is 0 Å². The van der Waals surface area contributed by atoms with Crippen molar-refractivity contribution >= 4 is 12.2 Å². The van der Waals surface area contributed by atoms with E-state index in [9.17, 15) is 14.7 Å². The molecule has 0 saturated carbocycles. The summed E-state index contributed by atoms with van der Waals surface area (Å²) in [4.78, 5) is 21.9. The van der Waals surface area contributed by atoms with Crippen molar-refractivity contribution in [3.8, 4) is 0 Å². The Kier molecular flexibility index (Phi) is 5.83. The van der Waals surface area contributed by atoms with Crippen molar-refractivity contribution in [3.63, 3.8) is 0 Å². The van der Waals surface area contributed by atoms with E-state index in [2.05, 4.69) is 10.6 Å². The van der Waals surface area contributed by atoms with Crippen molar-refractivity contribution in [1.82, 2.24) is 10.6 Å². The maximum Gasteiger partial charge on any atom is 0.405 e. The van der Waals surface area contributed by atoms with Crippen molar-refractivity contribution in [2.75, 3.05) is 0 Å². The molecule has 5 N–H and O–H groups in total. The minimum atomic E-state index is -1.31. The fourth-order valence-electron chi connectivity index (χ4n) is 2.00. The monoisotopic (exact) mass is 290 g/mol. The Morgan fingerprint density at radius 3 is 1.50 bits per heavy atom. The minimum absolute atomic E-state index is 0.572. The third-order valence-electron chi connectivity index (χ3n) is 3.09. The van der Waals surface area contributed by atoms with Crippen LogP contribution in [0.4, 0.5) is 9.59 Å². The van der Waals surface area contributed by atoms with Gasteiger partial charge in [-0.1, -0.05) is 41.5 Å². The van der Waals surface area contributed by atoms with Crippen molar-refractivity contribution < 1.29 is 24.9 Å². The summed E-state index contributed by atoms with van der Waals surface area (Å²) in [6, 6.07) is -1.73. The lowest BCUT2D eigenvalue weighted by atomic mass is 9.74. The second-order valence-electron chi connectivity index (χ2n) is 7.08. The van der Waals surface area contributed by atoms with Gasteiger partial charge in [0.25, 0.3) is 0 Å². The average molecular weight is 290 g/mol. The average Bonchev–Trinajstić information content (AvgIpc) is 2.18. The fraction of sp³-hybridized carbons (Fsp3) is 0.846. The van der Waals surface area contributed by atoms with E-state index in [1.165, 1.54) is 0 Å². The molecule has 2 amide bonds. The Balaban J connectivity index is 5.53. The first kappa shape index (κ1) is 18.5. The zero-order valence-corrected chi connectivity index (χ0v) is 12.9. The van der Waals surface area contributed by atoms with Crippen molar-refractivity contribution in [1.29, 1.82) is 0 Å². The summed E-state index contributed by atoms with van der Waals surface area (Å²) in [6.07, 6.45) is -3.61. The van der Waals surface area contributed by atoms with Gasteiger partial charge in [-0.05, 0) is 10.8 Å². The third-order valence-corrected chi connectivity index (χ3v) is 3.09. The Labute approximate surface area is 119 Å². The highest BCUT2D eigenvalue weighted by Crippen LogP contribution is 2.29. The molecule has 0 spiro atoms. The molecule has 0 aliphatic rings. The smallest absolute Gasteiger partial charge is 0.405 e. The van der Waals surface area contributed by atoms with Crippen LogP contribution in [0.5, 0.6) is 0 Å². The van der Waals surface area contributed by atoms with Crippen LogP contribution in [0.2, 0.25) is 0 Å². The van der Waals surface area contributed by atoms with Crippen LogP contribution in [-0.4, -0.2) is 45.7 Å². The van der Waals surface area contributed by atoms with E-state index >= 15 is 0 Å². The quantitative estimate of drug-likeness (QED) is 0.540. The van der Waals surface area contributed by atoms with E-state index < -0.39 is 41.2 Å². The molecule has 0 aliphatic carbocycles. The molecule has 0 heterocycles. The second-order valence-corrected chi connectivity index (χ2v) is 7.08. The largest absolute Gasteiger partial charge is 0.465 e. The van der Waals surface area contributed by atoms with Gasteiger partial charge in [0.15, 0.2) is 0 Å². The molecular formula is C13H26N2O5. The van der Waals surface area contributed by atoms with Crippen LogP contribution in [0.1, 0.15) is 41.5 Å². The molecular weight excluding hydrogens is 264 g/mol. The molecule has 3 atom stereocenters. The Bertz CT molecular complexity index is 357. The summed E-state index contributed by atoms with van der Waals surface area (Å²) in [6.45, 7) is 10.6. The summed E-state index contributed by atoms with van der Waals surface area (Å²) in [7, 11) is 0. The first-order valence-electron chi connectivity index (χ1n) is 6.44. The van der Waals surface area contributed by atoms with Crippen LogP contribution in [0, 0.1) is 10.8 Å². The SMILES string of the molecule is CC(C)(C)C(O)C(NC(=O)O)C(NC(=O)O)C(C)(C)C. The Morgan fingerprint density at radius 2 is 1.25 bits per heavy atom. The summed E-state index contributed by atoms with van der Waals surface area (Å²) < 4.78 is 0. The number of rotatable bonds is 4. The van der Waals surface area contributed by atoms with Gasteiger partial charge in [-0.15, -0.1) is 0 Å². The van der Waals surface area contributed by atoms with E-state index in [1.54, 1.807) is 41.5 Å². The van der Waals surface area contributed by atoms with E-state index in [0.29, 0.717) is 0 Å². The number of carboxylic acid groups (broad SMARTS) is 2. The second kappa shape index (κ2) is 6.30. The van der Waals surface area contributed by atoms with Gasteiger partial charge in [-0.3, -0.25) is 0 Å². The number of hydrogen-bond donors (Lipinski definition) is 5. The molecule has 3 unspecified atom stereocenters. The topological polar surface area (TPSA) is 119 Å². The molecule has 0 aromatic heterocycles. The standard InChI is InChI=1S/C13H26N2O5/c1-12(2,3)8(15-11(19)20)7(14-10(17)18)9(16)13(4,5)6/h7-9,14-16H,1-6H3,(H,17,18)(H,19,20). The summed E-state index contributed by atoms with van der Waals surface area (Å²) in [5.41, 5.74) is -1.17. The molecule has 0 bridgehead atoms. The lowest BCUT2D eigenvalue weighted by Crippen LogP contribution is -2.63. The van der Waals surface area contributed by atoms with Crippen LogP contribution < -0.4 is 10.6 Å². The van der Waals surface area contributed by atoms with E-state index in [-0.39, 0.29) is 0 Å². The maximum atomic E-state index is 11.0. The number of carbonyl (C=O) groups is 2. The highest BCUT2D eigenvalue weighted by atomic mass is 16.4. The highest BCUT2D eigenvalue weighted by molar-refractivity contribution is 5.67. The lowest BCUT2D eigenvalue weighted by molar-refractivity contribution is 0.00263. The third kappa shape index (κ3) is 5.64. The van der Waals surface area contributed by atoms with Crippen LogP contribution >= 0.6 is 0 Å². The molecule has 0 aromatic rings. The minimum Gasteiger partial charge on any atom is -0.465 e. The molecule has 7 nitrogen and oxygen atoms in total. The van der Waals surface area contributed by atoms with Crippen LogP contribution in [-0.2, 0) is 0 Å². The summed E-state index contributed by atoms with van der Waals surface area (Å²) >= 11 is 0. The molecule has 118 valence electrons. The summed E-state index contributed by atoms with van der Waals surface area (Å²) in [5, 5.41) is 32.8. The highest BCUT2D eigenvalue weighted by Gasteiger charge is 2.42. The van der Waals surface area contributed by atoms with Crippen molar-refractivity contribution in [3.05, 3.63) is 0 Å². The predicted molar refractivity (Wildman–Crippen MR) is 74.8 cm³/mol. The molecule has 7 heteroatoms. The van der Waals surface area contributed by atoms with Crippen molar-refractivity contribution in [2.24, 2.45) is 10.8 Å². The van der Waals surface area contributed by atoms with Gasteiger partial charge in [0.1, 0.15) is 0 Å². The number of amides is 2. The van der Waals surface area contributed by atoms with Gasteiger partial charge in [0, 0.05) is 0 Å². The molecule has 0 saturated heterocycles. The zero-order chi connectivity index (χ0) is 16.3. The molecule has 0 aliphatic heterocycles. The van der Waals surface area contributed by atoms with E-state index in [0.717, 1.165) is 0 Å². The Morgan fingerprint density at radius 1 is 0.850 bits per heavy atom. The van der Waals surface area contributed by atoms with E-state index in [1.807, 2.05) is 0 Å². The van der Waals surface area contributed by atoms with Gasteiger partial charge in [0.05, 0.1) is 18.2 Å². The molecule has 20 heavy (non-hydrogen) atoms. The molecule has 0 rings (SSSR count). The maximum absolute atomic E-state index is 11.0. The van der Waals surface area contributed by atoms with Crippen LogP contribution in [0.15, 0.2) is 0 Å². The molecule has 0 aromatic carbocycles. The number of hydrogen-bond acceptors (Lipinski definition) is 3. The van der Waals surface area contributed by atoms with Gasteiger partial charge in [0.2, 0.25) is 0 Å². The first-order valence-corrected chi connectivity index (χ1v) is 6.44. The Hall–Kier alpha value is -1.50. The molecule has 0 fully saturated rings. The van der Waals surface area contributed by atoms with E-state index in [4.69, 9.17) is 10.2 Å². The fourth-order valence-corrected chi connectivity index (χ4v) is 2.00. The predicted octanol–water partition coefficient (Wildman–Crippen LogP) is 1.71. The van der Waals surface area contributed by atoms with Crippen molar-refractivity contribution in [2.45, 2.75) is 59.7 Å². The normalized spacial score (nSPS) is 16.9. The van der Waals surface area contributed by atoms with Gasteiger partial charge >= 0.3 is 12.2 Å². The van der Waals surface area contributed by atoms with Gasteiger partial charge in [-0.25, -0.2) is 9.59 Å². The lowest BCUT2D eigenvalue weighted by Gasteiger charge is -2.42. The number of aliphatic hydroxyl groups is 1.